The van der Waals surface area contributed by atoms with Crippen LogP contribution in [0.5, 0.6) is 0 Å². The molecule has 3 nitrogen and oxygen atoms in total. The Bertz CT molecular complexity index is 444. The number of hydrogen-bond acceptors (Lipinski definition) is 3. The molecule has 2 N–H and O–H groups in total. The van der Waals surface area contributed by atoms with Crippen LogP contribution in [-0.4, -0.2) is 19.3 Å². The quantitative estimate of drug-likeness (QED) is 0.875. The van der Waals surface area contributed by atoms with Gasteiger partial charge in [-0.05, 0) is 56.9 Å². The van der Waals surface area contributed by atoms with Gasteiger partial charge in [0.2, 0.25) is 0 Å². The fourth-order valence-corrected chi connectivity index (χ4v) is 2.78. The Labute approximate surface area is 109 Å². The molecule has 0 saturated carbocycles. The molecule has 0 radical (unpaired) electrons. The number of hydrogen-bond donors (Lipinski definition) is 1. The molecule has 100 valence electrons. The zero-order chi connectivity index (χ0) is 13.5. The topological polar surface area (TPSA) is 44.5 Å². The summed E-state index contributed by atoms with van der Waals surface area (Å²) in [6.07, 6.45) is -0.00498. The van der Waals surface area contributed by atoms with Gasteiger partial charge in [-0.15, -0.1) is 0 Å². The molecule has 1 fully saturated rings. The fraction of sp³-hybridized carbons (Fsp3) is 0.600. The monoisotopic (exact) mass is 249 g/mol. The highest BCUT2D eigenvalue weighted by Gasteiger charge is 2.40. The van der Waals surface area contributed by atoms with Gasteiger partial charge in [-0.3, -0.25) is 0 Å². The summed E-state index contributed by atoms with van der Waals surface area (Å²) < 4.78 is 11.9. The molecule has 1 aliphatic heterocycles. The summed E-state index contributed by atoms with van der Waals surface area (Å²) in [5.74, 6) is -0.658. The smallest absolute Gasteiger partial charge is 0.193 e. The van der Waals surface area contributed by atoms with Crippen molar-refractivity contribution < 1.29 is 9.47 Å². The molecule has 1 aromatic rings. The third-order valence-corrected chi connectivity index (χ3v) is 4.02. The van der Waals surface area contributed by atoms with Crippen LogP contribution < -0.4 is 5.73 Å². The van der Waals surface area contributed by atoms with Crippen LogP contribution in [0, 0.1) is 27.7 Å². The summed E-state index contributed by atoms with van der Waals surface area (Å²) in [5.41, 5.74) is 11.9. The zero-order valence-corrected chi connectivity index (χ0v) is 12.0. The third kappa shape index (κ3) is 2.07. The summed E-state index contributed by atoms with van der Waals surface area (Å²) in [5, 5.41) is 0. The van der Waals surface area contributed by atoms with Crippen molar-refractivity contribution >= 4 is 0 Å². The molecule has 0 spiro atoms. The van der Waals surface area contributed by atoms with Gasteiger partial charge in [0.1, 0.15) is 0 Å². The Morgan fingerprint density at radius 1 is 1.22 bits per heavy atom. The van der Waals surface area contributed by atoms with E-state index in [9.17, 15) is 0 Å². The lowest BCUT2D eigenvalue weighted by atomic mass is 9.89. The third-order valence-electron chi connectivity index (χ3n) is 4.02. The number of ether oxygens (including phenoxy) is 2. The lowest BCUT2D eigenvalue weighted by molar-refractivity contribution is -0.161. The molecule has 18 heavy (non-hydrogen) atoms. The van der Waals surface area contributed by atoms with Crippen LogP contribution in [0.3, 0.4) is 0 Å². The molecule has 0 aromatic heterocycles. The lowest BCUT2D eigenvalue weighted by Crippen LogP contribution is -2.29. The first kappa shape index (κ1) is 13.5. The molecule has 2 unspecified atom stereocenters. The van der Waals surface area contributed by atoms with Gasteiger partial charge in [0.05, 0.1) is 12.7 Å². The van der Waals surface area contributed by atoms with Gasteiger partial charge in [-0.2, -0.15) is 0 Å². The average molecular weight is 249 g/mol. The molecule has 0 aliphatic carbocycles. The van der Waals surface area contributed by atoms with Crippen LogP contribution in [0.2, 0.25) is 0 Å². The first-order valence-corrected chi connectivity index (χ1v) is 6.48. The maximum atomic E-state index is 6.01. The van der Waals surface area contributed by atoms with Crippen molar-refractivity contribution in [3.8, 4) is 0 Å². The first-order valence-electron chi connectivity index (χ1n) is 6.48. The second-order valence-corrected chi connectivity index (χ2v) is 5.37. The summed E-state index contributed by atoms with van der Waals surface area (Å²) in [6.45, 7) is 11.6. The summed E-state index contributed by atoms with van der Waals surface area (Å²) in [4.78, 5) is 0. The Morgan fingerprint density at radius 3 is 2.22 bits per heavy atom. The Kier molecular flexibility index (Phi) is 3.49. The van der Waals surface area contributed by atoms with Crippen molar-refractivity contribution in [3.63, 3.8) is 0 Å². The van der Waals surface area contributed by atoms with Gasteiger partial charge in [0, 0.05) is 12.1 Å². The van der Waals surface area contributed by atoms with Crippen molar-refractivity contribution in [2.24, 2.45) is 5.73 Å². The van der Waals surface area contributed by atoms with Crippen LogP contribution in [0.1, 0.15) is 34.7 Å². The minimum Gasteiger partial charge on any atom is -0.343 e. The highest BCUT2D eigenvalue weighted by atomic mass is 16.7. The van der Waals surface area contributed by atoms with E-state index in [-0.39, 0.29) is 6.10 Å². The molecular formula is C15H23NO2. The Balaban J connectivity index is 2.51. The molecular weight excluding hydrogens is 226 g/mol. The molecule has 0 bridgehead atoms. The predicted molar refractivity (Wildman–Crippen MR) is 72.6 cm³/mol. The maximum absolute atomic E-state index is 6.01. The second-order valence-electron chi connectivity index (χ2n) is 5.37. The van der Waals surface area contributed by atoms with E-state index in [1.165, 1.54) is 22.3 Å². The van der Waals surface area contributed by atoms with Crippen LogP contribution in [0.15, 0.2) is 6.07 Å². The SMILES string of the molecule is Cc1cc(C)c(C)c(C2(C)OCC(CN)O2)c1C. The minimum atomic E-state index is -0.658. The molecule has 1 heterocycles. The molecule has 1 saturated heterocycles. The first-order chi connectivity index (χ1) is 8.39. The van der Waals surface area contributed by atoms with Crippen LogP contribution in [0.25, 0.3) is 0 Å². The number of benzene rings is 1. The van der Waals surface area contributed by atoms with Gasteiger partial charge in [-0.25, -0.2) is 0 Å². The summed E-state index contributed by atoms with van der Waals surface area (Å²) >= 11 is 0. The number of aryl methyl sites for hydroxylation is 2. The van der Waals surface area contributed by atoms with Crippen LogP contribution in [-0.2, 0) is 15.3 Å². The molecule has 1 aliphatic rings. The van der Waals surface area contributed by atoms with Crippen LogP contribution >= 0.6 is 0 Å². The molecule has 3 heteroatoms. The number of nitrogens with two attached hydrogens (primary N) is 1. The van der Waals surface area contributed by atoms with Gasteiger partial charge in [0.25, 0.3) is 0 Å². The van der Waals surface area contributed by atoms with Crippen molar-refractivity contribution in [2.75, 3.05) is 13.2 Å². The van der Waals surface area contributed by atoms with E-state index >= 15 is 0 Å². The van der Waals surface area contributed by atoms with E-state index < -0.39 is 5.79 Å². The molecule has 2 rings (SSSR count). The van der Waals surface area contributed by atoms with Crippen molar-refractivity contribution in [3.05, 3.63) is 33.9 Å². The van der Waals surface area contributed by atoms with Gasteiger partial charge >= 0.3 is 0 Å². The molecule has 1 aromatic carbocycles. The van der Waals surface area contributed by atoms with Crippen molar-refractivity contribution in [1.29, 1.82) is 0 Å². The van der Waals surface area contributed by atoms with E-state index in [1.807, 2.05) is 6.92 Å². The van der Waals surface area contributed by atoms with Gasteiger partial charge < -0.3 is 15.2 Å². The molecule has 0 amide bonds. The van der Waals surface area contributed by atoms with E-state index in [2.05, 4.69) is 33.8 Å². The average Bonchev–Trinajstić information content (AvgIpc) is 2.70. The lowest BCUT2D eigenvalue weighted by Gasteiger charge is -2.29. The predicted octanol–water partition coefficient (Wildman–Crippen LogP) is 2.47. The van der Waals surface area contributed by atoms with E-state index in [4.69, 9.17) is 15.2 Å². The Morgan fingerprint density at radius 2 is 1.78 bits per heavy atom. The highest BCUT2D eigenvalue weighted by molar-refractivity contribution is 5.46. The fourth-order valence-electron chi connectivity index (χ4n) is 2.78. The largest absolute Gasteiger partial charge is 0.343 e. The standard InChI is InChI=1S/C15H23NO2/c1-9-6-10(2)12(4)14(11(9)3)15(5)17-8-13(7-16)18-15/h6,13H,7-8,16H2,1-5H3. The van der Waals surface area contributed by atoms with Crippen molar-refractivity contribution in [2.45, 2.75) is 46.5 Å². The van der Waals surface area contributed by atoms with E-state index in [1.54, 1.807) is 0 Å². The summed E-state index contributed by atoms with van der Waals surface area (Å²) in [7, 11) is 0. The summed E-state index contributed by atoms with van der Waals surface area (Å²) in [6, 6.07) is 2.22. The Hall–Kier alpha value is -0.900. The maximum Gasteiger partial charge on any atom is 0.193 e. The molecule has 2 atom stereocenters. The van der Waals surface area contributed by atoms with Gasteiger partial charge in [-0.1, -0.05) is 6.07 Å². The van der Waals surface area contributed by atoms with E-state index in [0.29, 0.717) is 13.2 Å². The van der Waals surface area contributed by atoms with Crippen molar-refractivity contribution in [1.82, 2.24) is 0 Å². The minimum absolute atomic E-state index is 0.00498. The number of rotatable bonds is 2. The van der Waals surface area contributed by atoms with Gasteiger partial charge in [0.15, 0.2) is 5.79 Å². The highest BCUT2D eigenvalue weighted by Crippen LogP contribution is 2.39. The van der Waals surface area contributed by atoms with Crippen LogP contribution in [0.4, 0.5) is 0 Å². The zero-order valence-electron chi connectivity index (χ0n) is 12.0. The second kappa shape index (κ2) is 4.65. The van der Waals surface area contributed by atoms with E-state index in [0.717, 1.165) is 5.56 Å². The normalized spacial score (nSPS) is 27.8.